The van der Waals surface area contributed by atoms with Crippen LogP contribution in [0.3, 0.4) is 0 Å². The van der Waals surface area contributed by atoms with Crippen LogP contribution in [-0.2, 0) is 6.54 Å². The molecule has 120 valence electrons. The third kappa shape index (κ3) is 4.09. The van der Waals surface area contributed by atoms with Crippen molar-refractivity contribution in [3.05, 3.63) is 59.4 Å². The molecule has 0 aliphatic carbocycles. The van der Waals surface area contributed by atoms with Crippen LogP contribution in [0.15, 0.2) is 42.6 Å². The zero-order valence-corrected chi connectivity index (χ0v) is 13.6. The lowest BCUT2D eigenvalue weighted by Crippen LogP contribution is -2.36. The minimum atomic E-state index is 0.0509. The average Bonchev–Trinajstić information content (AvgIpc) is 2.61. The Morgan fingerprint density at radius 1 is 1.17 bits per heavy atom. The number of amides is 1. The summed E-state index contributed by atoms with van der Waals surface area (Å²) in [4.78, 5) is 18.6. The van der Waals surface area contributed by atoms with E-state index in [4.69, 9.17) is 0 Å². The standard InChI is InChI=1S/C19H23N3O/c1-15-6-5-7-16(12-15)13-20-17-8-9-18(21-14-17)19(23)22-10-3-2-4-11-22/h5-9,12,14,20H,2-4,10-11,13H2,1H3. The molecule has 2 aromatic rings. The third-order valence-electron chi connectivity index (χ3n) is 4.20. The predicted octanol–water partition coefficient (Wildman–Crippen LogP) is 3.63. The molecule has 23 heavy (non-hydrogen) atoms. The van der Waals surface area contributed by atoms with Gasteiger partial charge < -0.3 is 10.2 Å². The summed E-state index contributed by atoms with van der Waals surface area (Å²) in [5.74, 6) is 0.0509. The molecular formula is C19H23N3O. The number of hydrogen-bond acceptors (Lipinski definition) is 3. The number of anilines is 1. The Morgan fingerprint density at radius 2 is 2.00 bits per heavy atom. The van der Waals surface area contributed by atoms with E-state index in [1.54, 1.807) is 6.20 Å². The molecule has 2 heterocycles. The van der Waals surface area contributed by atoms with Gasteiger partial charge in [-0.25, -0.2) is 4.98 Å². The van der Waals surface area contributed by atoms with Crippen molar-refractivity contribution in [2.75, 3.05) is 18.4 Å². The van der Waals surface area contributed by atoms with Crippen LogP contribution in [0.2, 0.25) is 0 Å². The molecular weight excluding hydrogens is 286 g/mol. The SMILES string of the molecule is Cc1cccc(CNc2ccc(C(=O)N3CCCCC3)nc2)c1. The van der Waals surface area contributed by atoms with Gasteiger partial charge in [-0.15, -0.1) is 0 Å². The van der Waals surface area contributed by atoms with Gasteiger partial charge in [0.25, 0.3) is 5.91 Å². The van der Waals surface area contributed by atoms with Gasteiger partial charge in [-0.2, -0.15) is 0 Å². The number of aryl methyl sites for hydroxylation is 1. The molecule has 3 rings (SSSR count). The number of carbonyl (C=O) groups is 1. The molecule has 0 unspecified atom stereocenters. The maximum absolute atomic E-state index is 12.4. The van der Waals surface area contributed by atoms with Crippen molar-refractivity contribution in [1.82, 2.24) is 9.88 Å². The van der Waals surface area contributed by atoms with Crippen LogP contribution < -0.4 is 5.32 Å². The lowest BCUT2D eigenvalue weighted by molar-refractivity contribution is 0.0718. The molecule has 1 aromatic heterocycles. The predicted molar refractivity (Wildman–Crippen MR) is 92.5 cm³/mol. The van der Waals surface area contributed by atoms with Gasteiger partial charge in [-0.05, 0) is 43.9 Å². The maximum Gasteiger partial charge on any atom is 0.272 e. The van der Waals surface area contributed by atoms with Crippen molar-refractivity contribution in [2.24, 2.45) is 0 Å². The number of nitrogens with one attached hydrogen (secondary N) is 1. The number of nitrogens with zero attached hydrogens (tertiary/aromatic N) is 2. The molecule has 1 fully saturated rings. The highest BCUT2D eigenvalue weighted by Gasteiger charge is 2.18. The normalized spacial score (nSPS) is 14.6. The molecule has 1 saturated heterocycles. The summed E-state index contributed by atoms with van der Waals surface area (Å²) in [5, 5.41) is 3.35. The van der Waals surface area contributed by atoms with Crippen molar-refractivity contribution >= 4 is 11.6 Å². The summed E-state index contributed by atoms with van der Waals surface area (Å²) < 4.78 is 0. The van der Waals surface area contributed by atoms with Crippen LogP contribution in [0.4, 0.5) is 5.69 Å². The van der Waals surface area contributed by atoms with Gasteiger partial charge in [0, 0.05) is 19.6 Å². The first-order valence-electron chi connectivity index (χ1n) is 8.27. The van der Waals surface area contributed by atoms with Crippen LogP contribution in [-0.4, -0.2) is 28.9 Å². The fourth-order valence-corrected chi connectivity index (χ4v) is 2.91. The summed E-state index contributed by atoms with van der Waals surface area (Å²) in [6.07, 6.45) is 5.16. The van der Waals surface area contributed by atoms with Crippen LogP contribution in [0.5, 0.6) is 0 Å². The molecule has 1 N–H and O–H groups in total. The van der Waals surface area contributed by atoms with Crippen molar-refractivity contribution < 1.29 is 4.79 Å². The molecule has 1 aromatic carbocycles. The number of aromatic nitrogens is 1. The van der Waals surface area contributed by atoms with E-state index in [2.05, 4.69) is 41.5 Å². The fraction of sp³-hybridized carbons (Fsp3) is 0.368. The van der Waals surface area contributed by atoms with Gasteiger partial charge in [0.1, 0.15) is 5.69 Å². The lowest BCUT2D eigenvalue weighted by atomic mass is 10.1. The molecule has 0 bridgehead atoms. The Kier molecular flexibility index (Phi) is 4.91. The first-order valence-corrected chi connectivity index (χ1v) is 8.27. The van der Waals surface area contributed by atoms with Gasteiger partial charge in [0.05, 0.1) is 11.9 Å². The van der Waals surface area contributed by atoms with Crippen LogP contribution in [0.1, 0.15) is 40.9 Å². The van der Waals surface area contributed by atoms with Crippen molar-refractivity contribution in [2.45, 2.75) is 32.7 Å². The van der Waals surface area contributed by atoms with Gasteiger partial charge >= 0.3 is 0 Å². The van der Waals surface area contributed by atoms with Gasteiger partial charge in [-0.1, -0.05) is 29.8 Å². The number of carbonyl (C=O) groups excluding carboxylic acids is 1. The molecule has 1 aliphatic rings. The zero-order chi connectivity index (χ0) is 16.1. The van der Waals surface area contributed by atoms with E-state index in [0.29, 0.717) is 5.69 Å². The minimum absolute atomic E-state index is 0.0509. The summed E-state index contributed by atoms with van der Waals surface area (Å²) in [7, 11) is 0. The number of pyridine rings is 1. The highest BCUT2D eigenvalue weighted by atomic mass is 16.2. The minimum Gasteiger partial charge on any atom is -0.380 e. The van der Waals surface area contributed by atoms with Crippen molar-refractivity contribution in [3.63, 3.8) is 0 Å². The summed E-state index contributed by atoms with van der Waals surface area (Å²) in [6, 6.07) is 12.2. The summed E-state index contributed by atoms with van der Waals surface area (Å²) >= 11 is 0. The molecule has 0 radical (unpaired) electrons. The van der Waals surface area contributed by atoms with E-state index in [0.717, 1.165) is 38.2 Å². The van der Waals surface area contributed by atoms with Crippen LogP contribution in [0.25, 0.3) is 0 Å². The Bertz CT molecular complexity index is 661. The summed E-state index contributed by atoms with van der Waals surface area (Å²) in [6.45, 7) is 4.55. The van der Waals surface area contributed by atoms with Crippen molar-refractivity contribution in [3.8, 4) is 0 Å². The number of likely N-dealkylation sites (tertiary alicyclic amines) is 1. The second kappa shape index (κ2) is 7.27. The van der Waals surface area contributed by atoms with Gasteiger partial charge in [0.2, 0.25) is 0 Å². The summed E-state index contributed by atoms with van der Waals surface area (Å²) in [5.41, 5.74) is 3.96. The first kappa shape index (κ1) is 15.5. The van der Waals surface area contributed by atoms with E-state index < -0.39 is 0 Å². The molecule has 1 aliphatic heterocycles. The largest absolute Gasteiger partial charge is 0.380 e. The quantitative estimate of drug-likeness (QED) is 0.938. The smallest absolute Gasteiger partial charge is 0.272 e. The second-order valence-electron chi connectivity index (χ2n) is 6.13. The number of piperidine rings is 1. The molecule has 4 heteroatoms. The number of benzene rings is 1. The third-order valence-corrected chi connectivity index (χ3v) is 4.20. The van der Waals surface area contributed by atoms with Gasteiger partial charge in [-0.3, -0.25) is 4.79 Å². The average molecular weight is 309 g/mol. The topological polar surface area (TPSA) is 45.2 Å². The fourth-order valence-electron chi connectivity index (χ4n) is 2.91. The monoisotopic (exact) mass is 309 g/mol. The van der Waals surface area contributed by atoms with E-state index >= 15 is 0 Å². The number of hydrogen-bond donors (Lipinski definition) is 1. The lowest BCUT2D eigenvalue weighted by Gasteiger charge is -2.26. The second-order valence-corrected chi connectivity index (χ2v) is 6.13. The Morgan fingerprint density at radius 3 is 2.70 bits per heavy atom. The van der Waals surface area contributed by atoms with Crippen LogP contribution >= 0.6 is 0 Å². The van der Waals surface area contributed by atoms with E-state index in [1.165, 1.54) is 17.5 Å². The first-order chi connectivity index (χ1) is 11.2. The van der Waals surface area contributed by atoms with E-state index in [1.807, 2.05) is 17.0 Å². The van der Waals surface area contributed by atoms with Crippen LogP contribution in [0, 0.1) is 6.92 Å². The Balaban J connectivity index is 1.59. The molecule has 4 nitrogen and oxygen atoms in total. The number of rotatable bonds is 4. The van der Waals surface area contributed by atoms with Crippen molar-refractivity contribution in [1.29, 1.82) is 0 Å². The zero-order valence-electron chi connectivity index (χ0n) is 13.6. The molecule has 1 amide bonds. The van der Waals surface area contributed by atoms with E-state index in [-0.39, 0.29) is 5.91 Å². The molecule has 0 atom stereocenters. The molecule has 0 spiro atoms. The van der Waals surface area contributed by atoms with E-state index in [9.17, 15) is 4.79 Å². The van der Waals surface area contributed by atoms with Gasteiger partial charge in [0.15, 0.2) is 0 Å². The highest BCUT2D eigenvalue weighted by molar-refractivity contribution is 5.92. The maximum atomic E-state index is 12.4. The Labute approximate surface area is 137 Å². The highest BCUT2D eigenvalue weighted by Crippen LogP contribution is 2.14. The molecule has 0 saturated carbocycles. The Hall–Kier alpha value is -2.36.